The molecule has 2 fully saturated rings. The Labute approximate surface area is 76.7 Å². The van der Waals surface area contributed by atoms with Crippen molar-refractivity contribution in [2.24, 2.45) is 17.3 Å². The van der Waals surface area contributed by atoms with Crippen LogP contribution in [0.3, 0.4) is 0 Å². The molecule has 0 aromatic heterocycles. The summed E-state index contributed by atoms with van der Waals surface area (Å²) in [5.74, 6) is 2.05. The standard InChI is InChI=1S/C12H22/c1-10-3-6-12(7-4-10)8-5-11(2)9-12/h10-11H,3-9H2,1-2H3/t10?,11-,12?/m0/s1. The molecular formula is C12H22. The van der Waals surface area contributed by atoms with Crippen LogP contribution in [0, 0.1) is 17.3 Å². The molecule has 2 saturated carbocycles. The average Bonchev–Trinajstić information content (AvgIpc) is 2.40. The third-order valence-electron chi connectivity index (χ3n) is 4.28. The Bertz CT molecular complexity index is 151. The van der Waals surface area contributed by atoms with E-state index in [9.17, 15) is 0 Å². The van der Waals surface area contributed by atoms with Crippen LogP contribution in [0.15, 0.2) is 0 Å². The summed E-state index contributed by atoms with van der Waals surface area (Å²) in [5, 5.41) is 0. The molecule has 1 spiro atoms. The molecule has 1 atom stereocenters. The monoisotopic (exact) mass is 166 g/mol. The Kier molecular flexibility index (Phi) is 2.18. The summed E-state index contributed by atoms with van der Waals surface area (Å²) in [4.78, 5) is 0. The van der Waals surface area contributed by atoms with E-state index in [2.05, 4.69) is 13.8 Å². The van der Waals surface area contributed by atoms with E-state index in [1.807, 2.05) is 0 Å². The van der Waals surface area contributed by atoms with Gasteiger partial charge in [0.25, 0.3) is 0 Å². The van der Waals surface area contributed by atoms with Gasteiger partial charge in [-0.3, -0.25) is 0 Å². The van der Waals surface area contributed by atoms with Gasteiger partial charge in [-0.1, -0.05) is 33.1 Å². The van der Waals surface area contributed by atoms with Gasteiger partial charge in [-0.05, 0) is 42.9 Å². The van der Waals surface area contributed by atoms with Gasteiger partial charge in [0.1, 0.15) is 0 Å². The maximum absolute atomic E-state index is 2.44. The van der Waals surface area contributed by atoms with E-state index >= 15 is 0 Å². The van der Waals surface area contributed by atoms with Crippen LogP contribution in [0.4, 0.5) is 0 Å². The number of hydrogen-bond donors (Lipinski definition) is 0. The maximum atomic E-state index is 2.44. The van der Waals surface area contributed by atoms with Crippen LogP contribution in [0.2, 0.25) is 0 Å². The Morgan fingerprint density at radius 3 is 1.83 bits per heavy atom. The van der Waals surface area contributed by atoms with Crippen molar-refractivity contribution in [1.82, 2.24) is 0 Å². The van der Waals surface area contributed by atoms with E-state index in [0.717, 1.165) is 17.3 Å². The third-order valence-corrected chi connectivity index (χ3v) is 4.28. The Balaban J connectivity index is 1.95. The molecule has 0 nitrogen and oxygen atoms in total. The molecule has 0 amide bonds. The predicted molar refractivity (Wildman–Crippen MR) is 53.1 cm³/mol. The first-order chi connectivity index (χ1) is 5.70. The molecule has 2 aliphatic carbocycles. The molecule has 0 aromatic carbocycles. The van der Waals surface area contributed by atoms with Crippen molar-refractivity contribution in [3.8, 4) is 0 Å². The van der Waals surface area contributed by atoms with E-state index < -0.39 is 0 Å². The van der Waals surface area contributed by atoms with Crippen molar-refractivity contribution >= 4 is 0 Å². The van der Waals surface area contributed by atoms with Gasteiger partial charge in [0, 0.05) is 0 Å². The van der Waals surface area contributed by atoms with Gasteiger partial charge in [-0.2, -0.15) is 0 Å². The van der Waals surface area contributed by atoms with Crippen molar-refractivity contribution in [2.45, 2.75) is 58.8 Å². The van der Waals surface area contributed by atoms with Crippen molar-refractivity contribution in [3.05, 3.63) is 0 Å². The zero-order valence-corrected chi connectivity index (χ0v) is 8.60. The van der Waals surface area contributed by atoms with Crippen molar-refractivity contribution in [1.29, 1.82) is 0 Å². The summed E-state index contributed by atoms with van der Waals surface area (Å²) in [5.41, 5.74) is 0.825. The molecule has 0 bridgehead atoms. The highest BCUT2D eigenvalue weighted by Gasteiger charge is 2.39. The van der Waals surface area contributed by atoms with Crippen molar-refractivity contribution < 1.29 is 0 Å². The second-order valence-electron chi connectivity index (χ2n) is 5.53. The largest absolute Gasteiger partial charge is 0.0625 e. The molecule has 0 unspecified atom stereocenters. The Hall–Kier alpha value is 0. The van der Waals surface area contributed by atoms with Gasteiger partial charge >= 0.3 is 0 Å². The van der Waals surface area contributed by atoms with Crippen molar-refractivity contribution in [3.63, 3.8) is 0 Å². The number of hydrogen-bond acceptors (Lipinski definition) is 0. The lowest BCUT2D eigenvalue weighted by atomic mass is 9.69. The second kappa shape index (κ2) is 3.05. The summed E-state index contributed by atoms with van der Waals surface area (Å²) in [6.07, 6.45) is 10.7. The first-order valence-electron chi connectivity index (χ1n) is 5.70. The molecule has 0 heteroatoms. The highest BCUT2D eigenvalue weighted by molar-refractivity contribution is 4.90. The molecule has 0 heterocycles. The molecular weight excluding hydrogens is 144 g/mol. The van der Waals surface area contributed by atoms with Gasteiger partial charge in [0.05, 0.1) is 0 Å². The summed E-state index contributed by atoms with van der Waals surface area (Å²) in [7, 11) is 0. The molecule has 70 valence electrons. The second-order valence-corrected chi connectivity index (χ2v) is 5.53. The quantitative estimate of drug-likeness (QED) is 0.510. The highest BCUT2D eigenvalue weighted by Crippen LogP contribution is 2.51. The smallest absolute Gasteiger partial charge is 0.0295 e. The Morgan fingerprint density at radius 1 is 0.833 bits per heavy atom. The van der Waals surface area contributed by atoms with Crippen LogP contribution in [0.5, 0.6) is 0 Å². The van der Waals surface area contributed by atoms with E-state index in [1.165, 1.54) is 19.3 Å². The fraction of sp³-hybridized carbons (Fsp3) is 1.00. The first-order valence-corrected chi connectivity index (χ1v) is 5.70. The molecule has 0 aromatic rings. The lowest BCUT2D eigenvalue weighted by Crippen LogP contribution is -2.23. The van der Waals surface area contributed by atoms with Crippen LogP contribution in [0.1, 0.15) is 58.8 Å². The fourth-order valence-electron chi connectivity index (χ4n) is 3.32. The molecule has 12 heavy (non-hydrogen) atoms. The SMILES string of the molecule is CC1CCC2(CC1)CC[C@H](C)C2. The minimum Gasteiger partial charge on any atom is -0.0625 e. The fourth-order valence-corrected chi connectivity index (χ4v) is 3.32. The molecule has 0 saturated heterocycles. The zero-order chi connectivity index (χ0) is 8.60. The lowest BCUT2D eigenvalue weighted by Gasteiger charge is -2.36. The van der Waals surface area contributed by atoms with Gasteiger partial charge in [-0.15, -0.1) is 0 Å². The Morgan fingerprint density at radius 2 is 1.33 bits per heavy atom. The summed E-state index contributed by atoms with van der Waals surface area (Å²) >= 11 is 0. The van der Waals surface area contributed by atoms with E-state index in [0.29, 0.717) is 0 Å². The molecule has 0 N–H and O–H groups in total. The van der Waals surface area contributed by atoms with Crippen LogP contribution >= 0.6 is 0 Å². The normalized spacial score (nSPS) is 48.5. The van der Waals surface area contributed by atoms with E-state index in [1.54, 1.807) is 25.7 Å². The summed E-state index contributed by atoms with van der Waals surface area (Å²) in [6, 6.07) is 0. The first kappa shape index (κ1) is 8.59. The van der Waals surface area contributed by atoms with Crippen LogP contribution in [0.25, 0.3) is 0 Å². The number of rotatable bonds is 0. The van der Waals surface area contributed by atoms with Crippen LogP contribution < -0.4 is 0 Å². The third kappa shape index (κ3) is 1.53. The van der Waals surface area contributed by atoms with Gasteiger partial charge < -0.3 is 0 Å². The molecule has 0 aliphatic heterocycles. The van der Waals surface area contributed by atoms with Crippen molar-refractivity contribution in [2.75, 3.05) is 0 Å². The highest BCUT2D eigenvalue weighted by atomic mass is 14.4. The van der Waals surface area contributed by atoms with Gasteiger partial charge in [0.15, 0.2) is 0 Å². The average molecular weight is 166 g/mol. The lowest BCUT2D eigenvalue weighted by molar-refractivity contribution is 0.157. The van der Waals surface area contributed by atoms with Gasteiger partial charge in [-0.25, -0.2) is 0 Å². The predicted octanol–water partition coefficient (Wildman–Crippen LogP) is 4.00. The van der Waals surface area contributed by atoms with Crippen LogP contribution in [-0.4, -0.2) is 0 Å². The molecule has 0 radical (unpaired) electrons. The minimum atomic E-state index is 0.825. The summed E-state index contributed by atoms with van der Waals surface area (Å²) < 4.78 is 0. The molecule has 2 aliphatic rings. The zero-order valence-electron chi connectivity index (χ0n) is 8.60. The maximum Gasteiger partial charge on any atom is -0.0295 e. The topological polar surface area (TPSA) is 0 Å². The minimum absolute atomic E-state index is 0.825. The van der Waals surface area contributed by atoms with E-state index in [-0.39, 0.29) is 0 Å². The molecule has 2 rings (SSSR count). The summed E-state index contributed by atoms with van der Waals surface area (Å²) in [6.45, 7) is 4.86. The van der Waals surface area contributed by atoms with Gasteiger partial charge in [0.2, 0.25) is 0 Å². The van der Waals surface area contributed by atoms with E-state index in [4.69, 9.17) is 0 Å². The van der Waals surface area contributed by atoms with Crippen LogP contribution in [-0.2, 0) is 0 Å².